The lowest BCUT2D eigenvalue weighted by Gasteiger charge is -2.08. The van der Waals surface area contributed by atoms with E-state index in [2.05, 4.69) is 13.2 Å². The Morgan fingerprint density at radius 1 is 1.21 bits per heavy atom. The van der Waals surface area contributed by atoms with Crippen molar-refractivity contribution in [3.05, 3.63) is 48.8 Å². The van der Waals surface area contributed by atoms with Gasteiger partial charge in [0, 0.05) is 5.69 Å². The molecule has 2 nitrogen and oxygen atoms in total. The molecule has 2 N–H and O–H groups in total. The molecule has 14 heavy (non-hydrogen) atoms. The molecule has 0 atom stereocenters. The zero-order chi connectivity index (χ0) is 10.4. The molecule has 0 heterocycles. The lowest BCUT2D eigenvalue weighted by Crippen LogP contribution is -2.17. The van der Waals surface area contributed by atoms with E-state index in [1.807, 2.05) is 35.7 Å². The van der Waals surface area contributed by atoms with Crippen LogP contribution in [0.2, 0.25) is 0 Å². The van der Waals surface area contributed by atoms with Gasteiger partial charge < -0.3 is 10.5 Å². The third-order valence-electron chi connectivity index (χ3n) is 1.93. The third kappa shape index (κ3) is 3.10. The Morgan fingerprint density at radius 2 is 1.79 bits per heavy atom. The van der Waals surface area contributed by atoms with Gasteiger partial charge in [-0.25, -0.2) is 0 Å². The summed E-state index contributed by atoms with van der Waals surface area (Å²) in [4.78, 5) is 0. The molecular formula is C11H15NOSi. The van der Waals surface area contributed by atoms with Crippen LogP contribution in [-0.2, 0) is 0 Å². The number of ether oxygens (including phenoxy) is 1. The van der Waals surface area contributed by atoms with Crippen LogP contribution in [0, 0.1) is 0 Å². The lowest BCUT2D eigenvalue weighted by molar-refractivity contribution is 0.383. The highest BCUT2D eigenvalue weighted by atomic mass is 28.3. The molecule has 0 aromatic heterocycles. The Hall–Kier alpha value is -1.48. The standard InChI is InChI=1S/C11H15NOSi/c1-3-14(4-2)9-13-11-7-5-10(12)6-8-11/h3-8,14H,1-2,9,12H2. The first kappa shape index (κ1) is 10.6. The fraction of sp³-hybridized carbons (Fsp3) is 0.0909. The summed E-state index contributed by atoms with van der Waals surface area (Å²) in [5.41, 5.74) is 10.2. The van der Waals surface area contributed by atoms with E-state index >= 15 is 0 Å². The first-order chi connectivity index (χ1) is 6.76. The molecule has 0 bridgehead atoms. The van der Waals surface area contributed by atoms with Gasteiger partial charge in [0.05, 0.1) is 6.23 Å². The van der Waals surface area contributed by atoms with Crippen molar-refractivity contribution in [2.75, 3.05) is 12.0 Å². The monoisotopic (exact) mass is 205 g/mol. The van der Waals surface area contributed by atoms with Crippen molar-refractivity contribution in [1.29, 1.82) is 0 Å². The smallest absolute Gasteiger partial charge is 0.128 e. The van der Waals surface area contributed by atoms with Crippen LogP contribution < -0.4 is 10.5 Å². The van der Waals surface area contributed by atoms with Crippen LogP contribution in [0.3, 0.4) is 0 Å². The number of nitrogens with two attached hydrogens (primary N) is 1. The van der Waals surface area contributed by atoms with Crippen LogP contribution in [0.4, 0.5) is 5.69 Å². The van der Waals surface area contributed by atoms with E-state index in [-0.39, 0.29) is 0 Å². The molecule has 1 aromatic rings. The van der Waals surface area contributed by atoms with E-state index in [4.69, 9.17) is 10.5 Å². The normalized spacial score (nSPS) is 9.79. The maximum atomic E-state index is 5.57. The summed E-state index contributed by atoms with van der Waals surface area (Å²) >= 11 is 0. The van der Waals surface area contributed by atoms with Crippen molar-refractivity contribution in [3.8, 4) is 5.75 Å². The van der Waals surface area contributed by atoms with Crippen molar-refractivity contribution < 1.29 is 4.74 Å². The Labute approximate surface area is 86.3 Å². The number of hydrogen-bond acceptors (Lipinski definition) is 2. The van der Waals surface area contributed by atoms with Crippen LogP contribution in [0.15, 0.2) is 48.8 Å². The second kappa shape index (κ2) is 5.29. The van der Waals surface area contributed by atoms with Crippen LogP contribution >= 0.6 is 0 Å². The zero-order valence-electron chi connectivity index (χ0n) is 8.15. The highest BCUT2D eigenvalue weighted by Gasteiger charge is 2.01. The molecule has 0 aliphatic rings. The van der Waals surface area contributed by atoms with Crippen LogP contribution in [-0.4, -0.2) is 15.0 Å². The van der Waals surface area contributed by atoms with E-state index in [0.717, 1.165) is 11.4 Å². The summed E-state index contributed by atoms with van der Waals surface area (Å²) in [6, 6.07) is 7.39. The van der Waals surface area contributed by atoms with E-state index in [1.54, 1.807) is 0 Å². The average molecular weight is 205 g/mol. The van der Waals surface area contributed by atoms with Crippen LogP contribution in [0.25, 0.3) is 0 Å². The Morgan fingerprint density at radius 3 is 2.29 bits per heavy atom. The van der Waals surface area contributed by atoms with E-state index in [9.17, 15) is 0 Å². The summed E-state index contributed by atoms with van der Waals surface area (Å²) < 4.78 is 5.57. The minimum atomic E-state index is -1.10. The third-order valence-corrected chi connectivity index (χ3v) is 3.69. The van der Waals surface area contributed by atoms with Crippen LogP contribution in [0.1, 0.15) is 0 Å². The van der Waals surface area contributed by atoms with Gasteiger partial charge in [-0.05, 0) is 24.3 Å². The molecule has 1 aromatic carbocycles. The van der Waals surface area contributed by atoms with Crippen molar-refractivity contribution in [3.63, 3.8) is 0 Å². The van der Waals surface area contributed by atoms with Crippen molar-refractivity contribution in [2.24, 2.45) is 0 Å². The number of nitrogen functional groups attached to an aromatic ring is 1. The summed E-state index contributed by atoms with van der Waals surface area (Å²) in [7, 11) is -1.10. The summed E-state index contributed by atoms with van der Waals surface area (Å²) in [5.74, 6) is 0.848. The fourth-order valence-electron chi connectivity index (χ4n) is 0.989. The molecule has 0 spiro atoms. The highest BCUT2D eigenvalue weighted by Crippen LogP contribution is 2.13. The molecule has 1 rings (SSSR count). The fourth-order valence-corrected chi connectivity index (χ4v) is 1.84. The summed E-state index contributed by atoms with van der Waals surface area (Å²) in [6.45, 7) is 7.50. The first-order valence-electron chi connectivity index (χ1n) is 4.49. The summed E-state index contributed by atoms with van der Waals surface area (Å²) in [6.07, 6.45) is 0.705. The molecule has 0 aliphatic heterocycles. The SMILES string of the molecule is C=C[SiH](C=C)COc1ccc(N)cc1. The largest absolute Gasteiger partial charge is 0.497 e. The van der Waals surface area contributed by atoms with Crippen LogP contribution in [0.5, 0.6) is 5.75 Å². The predicted molar refractivity (Wildman–Crippen MR) is 63.9 cm³/mol. The maximum absolute atomic E-state index is 5.57. The van der Waals surface area contributed by atoms with Gasteiger partial charge >= 0.3 is 0 Å². The van der Waals surface area contributed by atoms with Gasteiger partial charge in [-0.15, -0.1) is 13.2 Å². The van der Waals surface area contributed by atoms with Crippen molar-refractivity contribution >= 4 is 14.5 Å². The molecule has 0 saturated carbocycles. The molecule has 0 saturated heterocycles. The summed E-state index contributed by atoms with van der Waals surface area (Å²) in [5, 5.41) is 0. The van der Waals surface area contributed by atoms with E-state index in [0.29, 0.717) is 6.23 Å². The topological polar surface area (TPSA) is 35.2 Å². The molecule has 0 amide bonds. The quantitative estimate of drug-likeness (QED) is 0.588. The van der Waals surface area contributed by atoms with Gasteiger partial charge in [0.25, 0.3) is 0 Å². The van der Waals surface area contributed by atoms with Crippen molar-refractivity contribution in [1.82, 2.24) is 0 Å². The highest BCUT2D eigenvalue weighted by molar-refractivity contribution is 6.69. The molecule has 0 fully saturated rings. The molecule has 0 radical (unpaired) electrons. The van der Waals surface area contributed by atoms with Gasteiger partial charge in [0.2, 0.25) is 0 Å². The van der Waals surface area contributed by atoms with E-state index < -0.39 is 8.80 Å². The average Bonchev–Trinajstić information content (AvgIpc) is 2.22. The molecule has 0 aliphatic carbocycles. The van der Waals surface area contributed by atoms with Crippen molar-refractivity contribution in [2.45, 2.75) is 0 Å². The Balaban J connectivity index is 2.48. The maximum Gasteiger partial charge on any atom is 0.128 e. The molecular weight excluding hydrogens is 190 g/mol. The number of benzene rings is 1. The number of anilines is 1. The number of rotatable bonds is 5. The molecule has 74 valence electrons. The number of hydrogen-bond donors (Lipinski definition) is 1. The zero-order valence-corrected chi connectivity index (χ0v) is 9.30. The molecule has 0 unspecified atom stereocenters. The minimum Gasteiger partial charge on any atom is -0.497 e. The second-order valence-corrected chi connectivity index (χ2v) is 5.62. The Kier molecular flexibility index (Phi) is 4.00. The van der Waals surface area contributed by atoms with E-state index in [1.165, 1.54) is 0 Å². The Bertz CT molecular complexity index is 300. The van der Waals surface area contributed by atoms with Gasteiger partial charge in [-0.3, -0.25) is 0 Å². The van der Waals surface area contributed by atoms with Gasteiger partial charge in [-0.1, -0.05) is 11.4 Å². The van der Waals surface area contributed by atoms with Gasteiger partial charge in [0.15, 0.2) is 0 Å². The molecule has 3 heteroatoms. The predicted octanol–water partition coefficient (Wildman–Crippen LogP) is 1.86. The second-order valence-electron chi connectivity index (χ2n) is 3.02. The lowest BCUT2D eigenvalue weighted by atomic mass is 10.3. The van der Waals surface area contributed by atoms with Gasteiger partial charge in [0.1, 0.15) is 14.5 Å². The minimum absolute atomic E-state index is 0.705. The first-order valence-corrected chi connectivity index (χ1v) is 6.64. The van der Waals surface area contributed by atoms with Gasteiger partial charge in [-0.2, -0.15) is 0 Å².